The molecule has 2 heteroatoms. The zero-order valence-electron chi connectivity index (χ0n) is 10.6. The molecule has 0 aliphatic carbocycles. The molecule has 0 aliphatic heterocycles. The summed E-state index contributed by atoms with van der Waals surface area (Å²) in [6.07, 6.45) is 2.38. The van der Waals surface area contributed by atoms with E-state index in [9.17, 15) is 0 Å². The van der Waals surface area contributed by atoms with Crippen LogP contribution in [-0.2, 0) is 4.74 Å². The van der Waals surface area contributed by atoms with Gasteiger partial charge in [0.05, 0.1) is 6.10 Å². The number of hydrogen-bond donors (Lipinski definition) is 1. The van der Waals surface area contributed by atoms with Crippen LogP contribution in [0.25, 0.3) is 0 Å². The van der Waals surface area contributed by atoms with Gasteiger partial charge in [0.15, 0.2) is 0 Å². The van der Waals surface area contributed by atoms with Crippen LogP contribution in [0.4, 0.5) is 0 Å². The molecule has 0 fully saturated rings. The molecule has 0 aromatic rings. The number of ether oxygens (including phenoxy) is 1. The summed E-state index contributed by atoms with van der Waals surface area (Å²) in [4.78, 5) is 0. The first kappa shape index (κ1) is 13.9. The molecule has 14 heavy (non-hydrogen) atoms. The van der Waals surface area contributed by atoms with Crippen molar-refractivity contribution in [3.05, 3.63) is 0 Å². The molecular weight excluding hydrogens is 174 g/mol. The molecular formula is C12H27NO. The molecule has 0 amide bonds. The molecule has 0 saturated carbocycles. The highest BCUT2D eigenvalue weighted by atomic mass is 16.5. The van der Waals surface area contributed by atoms with Crippen molar-refractivity contribution in [3.63, 3.8) is 0 Å². The van der Waals surface area contributed by atoms with Crippen molar-refractivity contribution in [3.8, 4) is 0 Å². The second kappa shape index (κ2) is 5.72. The molecule has 0 heterocycles. The molecule has 2 unspecified atom stereocenters. The lowest BCUT2D eigenvalue weighted by Crippen LogP contribution is -2.44. The van der Waals surface area contributed by atoms with Gasteiger partial charge in [0.25, 0.3) is 0 Å². The van der Waals surface area contributed by atoms with Gasteiger partial charge in [0.1, 0.15) is 0 Å². The van der Waals surface area contributed by atoms with Crippen molar-refractivity contribution in [2.45, 2.75) is 59.6 Å². The van der Waals surface area contributed by atoms with Gasteiger partial charge in [0, 0.05) is 13.2 Å². The van der Waals surface area contributed by atoms with Crippen LogP contribution in [0.15, 0.2) is 0 Å². The van der Waals surface area contributed by atoms with E-state index in [0.29, 0.717) is 0 Å². The van der Waals surface area contributed by atoms with Crippen molar-refractivity contribution in [2.24, 2.45) is 17.1 Å². The lowest BCUT2D eigenvalue weighted by molar-refractivity contribution is -0.00458. The first-order chi connectivity index (χ1) is 6.29. The van der Waals surface area contributed by atoms with E-state index in [0.717, 1.165) is 12.3 Å². The molecule has 2 N–H and O–H groups in total. The van der Waals surface area contributed by atoms with Crippen molar-refractivity contribution in [1.82, 2.24) is 0 Å². The SMILES string of the molecule is COC(C(N)CCC(C)C)C(C)(C)C. The smallest absolute Gasteiger partial charge is 0.0770 e. The van der Waals surface area contributed by atoms with E-state index in [1.54, 1.807) is 7.11 Å². The van der Waals surface area contributed by atoms with Gasteiger partial charge in [-0.05, 0) is 24.2 Å². The lowest BCUT2D eigenvalue weighted by atomic mass is 9.82. The summed E-state index contributed by atoms with van der Waals surface area (Å²) in [7, 11) is 1.76. The molecule has 0 aromatic heterocycles. The first-order valence-corrected chi connectivity index (χ1v) is 5.57. The maximum Gasteiger partial charge on any atom is 0.0770 e. The average molecular weight is 201 g/mol. The van der Waals surface area contributed by atoms with Crippen LogP contribution in [0.3, 0.4) is 0 Å². The van der Waals surface area contributed by atoms with E-state index in [1.165, 1.54) is 6.42 Å². The minimum Gasteiger partial charge on any atom is -0.379 e. The van der Waals surface area contributed by atoms with Crippen molar-refractivity contribution >= 4 is 0 Å². The lowest BCUT2D eigenvalue weighted by Gasteiger charge is -2.34. The summed E-state index contributed by atoms with van der Waals surface area (Å²) < 4.78 is 5.48. The maximum absolute atomic E-state index is 6.14. The molecule has 0 spiro atoms. The summed E-state index contributed by atoms with van der Waals surface area (Å²) in [5.41, 5.74) is 6.27. The Hall–Kier alpha value is -0.0800. The van der Waals surface area contributed by atoms with Gasteiger partial charge < -0.3 is 10.5 Å². The van der Waals surface area contributed by atoms with Crippen molar-refractivity contribution in [2.75, 3.05) is 7.11 Å². The molecule has 0 rings (SSSR count). The molecule has 2 atom stereocenters. The van der Waals surface area contributed by atoms with Crippen LogP contribution in [-0.4, -0.2) is 19.3 Å². The maximum atomic E-state index is 6.14. The van der Waals surface area contributed by atoms with Crippen LogP contribution in [0.1, 0.15) is 47.5 Å². The fourth-order valence-corrected chi connectivity index (χ4v) is 1.85. The van der Waals surface area contributed by atoms with E-state index in [-0.39, 0.29) is 17.6 Å². The second-order valence-corrected chi connectivity index (χ2v) is 5.66. The molecule has 0 radical (unpaired) electrons. The Morgan fingerprint density at radius 3 is 1.93 bits per heavy atom. The zero-order valence-corrected chi connectivity index (χ0v) is 10.6. The third-order valence-electron chi connectivity index (χ3n) is 2.57. The minimum absolute atomic E-state index is 0.130. The highest BCUT2D eigenvalue weighted by Crippen LogP contribution is 2.25. The Balaban J connectivity index is 4.12. The van der Waals surface area contributed by atoms with Crippen LogP contribution in [0.2, 0.25) is 0 Å². The summed E-state index contributed by atoms with van der Waals surface area (Å²) in [6, 6.07) is 0.155. The van der Waals surface area contributed by atoms with Crippen molar-refractivity contribution < 1.29 is 4.74 Å². The predicted octanol–water partition coefficient (Wildman–Crippen LogP) is 2.81. The van der Waals surface area contributed by atoms with Gasteiger partial charge in [0.2, 0.25) is 0 Å². The third kappa shape index (κ3) is 4.97. The third-order valence-corrected chi connectivity index (χ3v) is 2.57. The Morgan fingerprint density at radius 1 is 1.14 bits per heavy atom. The largest absolute Gasteiger partial charge is 0.379 e. The van der Waals surface area contributed by atoms with E-state index < -0.39 is 0 Å². The molecule has 0 aromatic carbocycles. The highest BCUT2D eigenvalue weighted by Gasteiger charge is 2.29. The van der Waals surface area contributed by atoms with E-state index in [2.05, 4.69) is 34.6 Å². The second-order valence-electron chi connectivity index (χ2n) is 5.66. The highest BCUT2D eigenvalue weighted by molar-refractivity contribution is 4.83. The Morgan fingerprint density at radius 2 is 1.64 bits per heavy atom. The van der Waals surface area contributed by atoms with Gasteiger partial charge in [-0.15, -0.1) is 0 Å². The van der Waals surface area contributed by atoms with Gasteiger partial charge in [-0.25, -0.2) is 0 Å². The Bertz CT molecular complexity index is 149. The van der Waals surface area contributed by atoms with Gasteiger partial charge >= 0.3 is 0 Å². The molecule has 0 bridgehead atoms. The summed E-state index contributed by atoms with van der Waals surface area (Å²) in [6.45, 7) is 11.0. The minimum atomic E-state index is 0.130. The summed E-state index contributed by atoms with van der Waals surface area (Å²) >= 11 is 0. The Kier molecular flexibility index (Phi) is 5.68. The first-order valence-electron chi connectivity index (χ1n) is 5.57. The Labute approximate surface area is 89.2 Å². The standard InChI is InChI=1S/C12H27NO/c1-9(2)7-8-10(13)11(14-6)12(3,4)5/h9-11H,7-8,13H2,1-6H3. The van der Waals surface area contributed by atoms with Gasteiger partial charge in [-0.1, -0.05) is 34.6 Å². The van der Waals surface area contributed by atoms with Crippen LogP contribution in [0.5, 0.6) is 0 Å². The van der Waals surface area contributed by atoms with E-state index in [1.807, 2.05) is 0 Å². The number of methoxy groups -OCH3 is 1. The van der Waals surface area contributed by atoms with Crippen LogP contribution < -0.4 is 5.73 Å². The topological polar surface area (TPSA) is 35.2 Å². The quantitative estimate of drug-likeness (QED) is 0.742. The van der Waals surface area contributed by atoms with Crippen molar-refractivity contribution in [1.29, 1.82) is 0 Å². The zero-order chi connectivity index (χ0) is 11.4. The number of rotatable bonds is 5. The number of nitrogens with two attached hydrogens (primary N) is 1. The fourth-order valence-electron chi connectivity index (χ4n) is 1.85. The molecule has 0 saturated heterocycles. The van der Waals surface area contributed by atoms with Crippen LogP contribution >= 0.6 is 0 Å². The normalized spacial score (nSPS) is 17.1. The van der Waals surface area contributed by atoms with Gasteiger partial charge in [-0.3, -0.25) is 0 Å². The summed E-state index contributed by atoms with van der Waals surface area (Å²) in [5.74, 6) is 0.721. The van der Waals surface area contributed by atoms with E-state index >= 15 is 0 Å². The van der Waals surface area contributed by atoms with E-state index in [4.69, 9.17) is 10.5 Å². The molecule has 0 aliphatic rings. The summed E-state index contributed by atoms with van der Waals surface area (Å²) in [5, 5.41) is 0. The fraction of sp³-hybridized carbons (Fsp3) is 1.00. The van der Waals surface area contributed by atoms with Crippen LogP contribution in [0, 0.1) is 11.3 Å². The predicted molar refractivity (Wildman–Crippen MR) is 62.3 cm³/mol. The molecule has 2 nitrogen and oxygen atoms in total. The monoisotopic (exact) mass is 201 g/mol. The van der Waals surface area contributed by atoms with Gasteiger partial charge in [-0.2, -0.15) is 0 Å². The number of hydrogen-bond acceptors (Lipinski definition) is 2. The molecule has 86 valence electrons. The average Bonchev–Trinajstić information content (AvgIpc) is 1.99.